The van der Waals surface area contributed by atoms with Crippen molar-refractivity contribution in [1.29, 1.82) is 0 Å². The van der Waals surface area contributed by atoms with E-state index in [4.69, 9.17) is 14.2 Å². The first-order valence-corrected chi connectivity index (χ1v) is 8.15. The van der Waals surface area contributed by atoms with Crippen LogP contribution in [0, 0.1) is 0 Å². The Balaban J connectivity index is 2.21. The molecule has 0 bridgehead atoms. The minimum absolute atomic E-state index is 0.124. The molecule has 0 amide bonds. The molecule has 0 heterocycles. The second kappa shape index (κ2) is 9.37. The zero-order chi connectivity index (χ0) is 18.1. The average molecular weight is 342 g/mol. The van der Waals surface area contributed by atoms with Crippen molar-refractivity contribution in [3.8, 4) is 11.5 Å². The van der Waals surface area contributed by atoms with E-state index in [1.54, 1.807) is 25.1 Å². The molecule has 1 N–H and O–H groups in total. The number of carboxylic acids is 1. The fourth-order valence-corrected chi connectivity index (χ4v) is 2.21. The molecule has 0 aliphatic heterocycles. The number of hydrogen-bond donors (Lipinski definition) is 1. The second-order valence-corrected chi connectivity index (χ2v) is 5.15. The van der Waals surface area contributed by atoms with Gasteiger partial charge in [0.15, 0.2) is 0 Å². The molecule has 0 aromatic heterocycles. The summed E-state index contributed by atoms with van der Waals surface area (Å²) < 4.78 is 16.6. The molecule has 0 saturated heterocycles. The summed E-state index contributed by atoms with van der Waals surface area (Å²) in [6.45, 7) is 4.79. The summed E-state index contributed by atoms with van der Waals surface area (Å²) in [6.07, 6.45) is 1.46. The molecule has 0 atom stereocenters. The third-order valence-corrected chi connectivity index (χ3v) is 3.33. The van der Waals surface area contributed by atoms with E-state index in [0.717, 1.165) is 5.56 Å². The molecule has 2 aromatic rings. The Bertz CT molecular complexity index is 722. The van der Waals surface area contributed by atoms with Gasteiger partial charge in [-0.1, -0.05) is 30.3 Å². The Kier molecular flexibility index (Phi) is 6.89. The van der Waals surface area contributed by atoms with E-state index in [9.17, 15) is 9.90 Å². The van der Waals surface area contributed by atoms with Crippen LogP contribution in [0.2, 0.25) is 0 Å². The minimum Gasteiger partial charge on any atom is -0.493 e. The normalized spacial score (nSPS) is 11.0. The lowest BCUT2D eigenvalue weighted by atomic mass is 10.1. The molecule has 0 fully saturated rings. The molecule has 2 aromatic carbocycles. The van der Waals surface area contributed by atoms with E-state index in [0.29, 0.717) is 30.3 Å². The molecule has 5 heteroatoms. The molecular formula is C20H22O5. The number of carbonyl (C=O) groups is 1. The van der Waals surface area contributed by atoms with Gasteiger partial charge in [-0.05, 0) is 37.6 Å². The van der Waals surface area contributed by atoms with Gasteiger partial charge < -0.3 is 19.3 Å². The van der Waals surface area contributed by atoms with Gasteiger partial charge in [0.05, 0.1) is 13.2 Å². The summed E-state index contributed by atoms with van der Waals surface area (Å²) in [7, 11) is 0. The topological polar surface area (TPSA) is 65.0 Å². The third-order valence-electron chi connectivity index (χ3n) is 3.33. The molecule has 0 aliphatic rings. The molecule has 0 aliphatic carbocycles. The Labute approximate surface area is 147 Å². The fourth-order valence-electron chi connectivity index (χ4n) is 2.21. The molecule has 25 heavy (non-hydrogen) atoms. The first-order valence-electron chi connectivity index (χ1n) is 8.15. The maximum atomic E-state index is 11.2. The van der Waals surface area contributed by atoms with Crippen molar-refractivity contribution >= 4 is 12.0 Å². The molecule has 0 unspecified atom stereocenters. The van der Waals surface area contributed by atoms with Crippen LogP contribution in [0.3, 0.4) is 0 Å². The van der Waals surface area contributed by atoms with E-state index in [2.05, 4.69) is 0 Å². The van der Waals surface area contributed by atoms with E-state index in [-0.39, 0.29) is 12.4 Å². The van der Waals surface area contributed by atoms with Gasteiger partial charge in [0.1, 0.15) is 18.1 Å². The van der Waals surface area contributed by atoms with Crippen molar-refractivity contribution in [1.82, 2.24) is 0 Å². The van der Waals surface area contributed by atoms with Crippen molar-refractivity contribution in [3.05, 3.63) is 65.4 Å². The molecule has 132 valence electrons. The SMILES string of the molecule is CCO/C(=C\c1ccc(OCc2ccccc2)cc1OCC)C(=O)O. The van der Waals surface area contributed by atoms with E-state index in [1.165, 1.54) is 6.08 Å². The van der Waals surface area contributed by atoms with Gasteiger partial charge in [0, 0.05) is 11.6 Å². The molecule has 0 spiro atoms. The third kappa shape index (κ3) is 5.57. The molecule has 5 nitrogen and oxygen atoms in total. The van der Waals surface area contributed by atoms with Crippen LogP contribution in [-0.4, -0.2) is 24.3 Å². The van der Waals surface area contributed by atoms with Gasteiger partial charge >= 0.3 is 5.97 Å². The first-order chi connectivity index (χ1) is 12.1. The Morgan fingerprint density at radius 1 is 1.04 bits per heavy atom. The number of hydrogen-bond acceptors (Lipinski definition) is 4. The highest BCUT2D eigenvalue weighted by Crippen LogP contribution is 2.28. The van der Waals surface area contributed by atoms with E-state index >= 15 is 0 Å². The lowest BCUT2D eigenvalue weighted by Crippen LogP contribution is -2.05. The predicted octanol–water partition coefficient (Wildman–Crippen LogP) is 4.13. The minimum atomic E-state index is -1.12. The van der Waals surface area contributed by atoms with Crippen molar-refractivity contribution in [3.63, 3.8) is 0 Å². The number of aliphatic carboxylic acids is 1. The van der Waals surface area contributed by atoms with Crippen molar-refractivity contribution in [2.45, 2.75) is 20.5 Å². The second-order valence-electron chi connectivity index (χ2n) is 5.15. The maximum absolute atomic E-state index is 11.2. The van der Waals surface area contributed by atoms with Gasteiger partial charge in [-0.25, -0.2) is 4.79 Å². The van der Waals surface area contributed by atoms with Crippen LogP contribution in [0.25, 0.3) is 6.08 Å². The van der Waals surface area contributed by atoms with E-state index in [1.807, 2.05) is 37.3 Å². The lowest BCUT2D eigenvalue weighted by molar-refractivity contribution is -0.136. The largest absolute Gasteiger partial charge is 0.493 e. The Morgan fingerprint density at radius 2 is 1.80 bits per heavy atom. The number of benzene rings is 2. The predicted molar refractivity (Wildman–Crippen MR) is 95.6 cm³/mol. The van der Waals surface area contributed by atoms with Gasteiger partial charge in [-0.3, -0.25) is 0 Å². The zero-order valence-electron chi connectivity index (χ0n) is 14.4. The van der Waals surface area contributed by atoms with Crippen LogP contribution in [0.1, 0.15) is 25.0 Å². The molecule has 0 saturated carbocycles. The number of carboxylic acid groups (broad SMARTS) is 1. The number of ether oxygens (including phenoxy) is 3. The van der Waals surface area contributed by atoms with Crippen LogP contribution in [0.4, 0.5) is 0 Å². The summed E-state index contributed by atoms with van der Waals surface area (Å²) >= 11 is 0. The standard InChI is InChI=1S/C20H22O5/c1-3-23-18-13-17(25-14-15-8-6-5-7-9-15)11-10-16(18)12-19(20(21)22)24-4-2/h5-13H,3-4,14H2,1-2H3,(H,21,22)/b19-12-. The zero-order valence-corrected chi connectivity index (χ0v) is 14.4. The van der Waals surface area contributed by atoms with Crippen molar-refractivity contribution < 1.29 is 24.1 Å². The van der Waals surface area contributed by atoms with Crippen LogP contribution in [0.15, 0.2) is 54.3 Å². The Morgan fingerprint density at radius 3 is 2.44 bits per heavy atom. The molecule has 2 rings (SSSR count). The van der Waals surface area contributed by atoms with Crippen LogP contribution in [0.5, 0.6) is 11.5 Å². The van der Waals surface area contributed by atoms with Crippen LogP contribution < -0.4 is 9.47 Å². The van der Waals surface area contributed by atoms with Gasteiger partial charge in [-0.2, -0.15) is 0 Å². The van der Waals surface area contributed by atoms with Gasteiger partial charge in [-0.15, -0.1) is 0 Å². The van der Waals surface area contributed by atoms with Gasteiger partial charge in [0.2, 0.25) is 5.76 Å². The highest BCUT2D eigenvalue weighted by molar-refractivity contribution is 5.90. The summed E-state index contributed by atoms with van der Waals surface area (Å²) in [6, 6.07) is 15.1. The van der Waals surface area contributed by atoms with Crippen molar-refractivity contribution in [2.75, 3.05) is 13.2 Å². The fraction of sp³-hybridized carbons (Fsp3) is 0.250. The highest BCUT2D eigenvalue weighted by atomic mass is 16.5. The highest BCUT2D eigenvalue weighted by Gasteiger charge is 2.11. The monoisotopic (exact) mass is 342 g/mol. The molecular weight excluding hydrogens is 320 g/mol. The summed E-state index contributed by atoms with van der Waals surface area (Å²) in [5.41, 5.74) is 1.69. The summed E-state index contributed by atoms with van der Waals surface area (Å²) in [4.78, 5) is 11.2. The maximum Gasteiger partial charge on any atom is 0.371 e. The van der Waals surface area contributed by atoms with Gasteiger partial charge in [0.25, 0.3) is 0 Å². The quantitative estimate of drug-likeness (QED) is 0.548. The lowest BCUT2D eigenvalue weighted by Gasteiger charge is -2.12. The van der Waals surface area contributed by atoms with Crippen LogP contribution in [-0.2, 0) is 16.1 Å². The number of rotatable bonds is 9. The Hall–Kier alpha value is -2.95. The van der Waals surface area contributed by atoms with Crippen LogP contribution >= 0.6 is 0 Å². The first kappa shape index (κ1) is 18.4. The summed E-state index contributed by atoms with van der Waals surface area (Å²) in [5, 5.41) is 9.19. The average Bonchev–Trinajstić information content (AvgIpc) is 2.62. The van der Waals surface area contributed by atoms with E-state index < -0.39 is 5.97 Å². The summed E-state index contributed by atoms with van der Waals surface area (Å²) in [5.74, 6) is -0.0423. The molecule has 0 radical (unpaired) electrons. The van der Waals surface area contributed by atoms with Crippen molar-refractivity contribution in [2.24, 2.45) is 0 Å². The smallest absolute Gasteiger partial charge is 0.371 e.